The summed E-state index contributed by atoms with van der Waals surface area (Å²) >= 11 is 0. The van der Waals surface area contributed by atoms with Crippen molar-refractivity contribution in [3.63, 3.8) is 0 Å². The number of hydrogen-bond donors (Lipinski definition) is 0. The van der Waals surface area contributed by atoms with Gasteiger partial charge in [-0.3, -0.25) is 4.79 Å². The van der Waals surface area contributed by atoms with Gasteiger partial charge in [0.15, 0.2) is 24.5 Å². The summed E-state index contributed by atoms with van der Waals surface area (Å²) in [5.74, 6) is -1.54. The summed E-state index contributed by atoms with van der Waals surface area (Å²) in [6, 6.07) is 29.5. The van der Waals surface area contributed by atoms with Gasteiger partial charge >= 0.3 is 5.97 Å². The van der Waals surface area contributed by atoms with Crippen molar-refractivity contribution < 1.29 is 56.9 Å². The van der Waals surface area contributed by atoms with E-state index in [9.17, 15) is 4.79 Å². The Morgan fingerprint density at radius 1 is 0.745 bits per heavy atom. The second-order valence-electron chi connectivity index (χ2n) is 14.4. The van der Waals surface area contributed by atoms with E-state index in [2.05, 4.69) is 6.58 Å². The van der Waals surface area contributed by atoms with Crippen molar-refractivity contribution in [2.45, 2.75) is 114 Å². The van der Waals surface area contributed by atoms with Crippen LogP contribution in [0.3, 0.4) is 0 Å². The molecule has 0 aliphatic carbocycles. The molecule has 6 rings (SSSR count). The van der Waals surface area contributed by atoms with E-state index in [1.807, 2.05) is 105 Å². The van der Waals surface area contributed by atoms with Crippen molar-refractivity contribution in [3.8, 4) is 0 Å². The third-order valence-electron chi connectivity index (χ3n) is 10.1. The molecule has 0 unspecified atom stereocenters. The molecule has 298 valence electrons. The fourth-order valence-corrected chi connectivity index (χ4v) is 7.35. The Balaban J connectivity index is 1.38. The molecular formula is C43H54O12. The van der Waals surface area contributed by atoms with Crippen molar-refractivity contribution in [3.05, 3.63) is 120 Å². The third kappa shape index (κ3) is 10.3. The fraction of sp³-hybridized carbons (Fsp3) is 0.512. The van der Waals surface area contributed by atoms with Crippen LogP contribution in [0.5, 0.6) is 0 Å². The number of carbonyl (C=O) groups excluding carboxylic acids is 1. The molecule has 0 bridgehead atoms. The average molecular weight is 763 g/mol. The molecule has 0 radical (unpaired) electrons. The number of esters is 1. The Morgan fingerprint density at radius 3 is 1.87 bits per heavy atom. The minimum Gasteiger partial charge on any atom is -0.454 e. The van der Waals surface area contributed by atoms with Crippen LogP contribution in [0.25, 0.3) is 0 Å². The van der Waals surface area contributed by atoms with E-state index in [0.717, 1.165) is 16.7 Å². The van der Waals surface area contributed by atoms with Crippen molar-refractivity contribution in [1.29, 1.82) is 0 Å². The zero-order valence-corrected chi connectivity index (χ0v) is 32.3. The second kappa shape index (κ2) is 19.1. The molecule has 12 nitrogen and oxygen atoms in total. The van der Waals surface area contributed by atoms with Gasteiger partial charge in [-0.1, -0.05) is 97.1 Å². The molecule has 3 aliphatic rings. The molecule has 0 aromatic heterocycles. The lowest BCUT2D eigenvalue weighted by Crippen LogP contribution is -2.69. The molecule has 3 aromatic rings. The smallest absolute Gasteiger partial charge is 0.303 e. The first-order chi connectivity index (χ1) is 26.6. The zero-order chi connectivity index (χ0) is 38.8. The first kappa shape index (κ1) is 41.1. The van der Waals surface area contributed by atoms with E-state index in [0.29, 0.717) is 19.6 Å². The summed E-state index contributed by atoms with van der Waals surface area (Å²) in [6.45, 7) is 10.3. The van der Waals surface area contributed by atoms with Crippen molar-refractivity contribution in [2.24, 2.45) is 0 Å². The summed E-state index contributed by atoms with van der Waals surface area (Å²) in [5.41, 5.74) is 1.74. The second-order valence-corrected chi connectivity index (χ2v) is 14.4. The highest BCUT2D eigenvalue weighted by Gasteiger charge is 2.60. The lowest BCUT2D eigenvalue weighted by molar-refractivity contribution is -0.383. The molecule has 3 saturated heterocycles. The number of benzene rings is 3. The quantitative estimate of drug-likeness (QED) is 0.128. The van der Waals surface area contributed by atoms with Gasteiger partial charge in [0.05, 0.1) is 33.0 Å². The fourth-order valence-electron chi connectivity index (χ4n) is 7.35. The van der Waals surface area contributed by atoms with Crippen LogP contribution >= 0.6 is 0 Å². The molecule has 3 fully saturated rings. The van der Waals surface area contributed by atoms with Gasteiger partial charge in [-0.05, 0) is 30.5 Å². The maximum atomic E-state index is 12.8. The molecule has 3 aromatic carbocycles. The first-order valence-electron chi connectivity index (χ1n) is 18.7. The van der Waals surface area contributed by atoms with Crippen molar-refractivity contribution >= 4 is 5.97 Å². The van der Waals surface area contributed by atoms with Crippen LogP contribution in [0.15, 0.2) is 104 Å². The summed E-state index contributed by atoms with van der Waals surface area (Å²) < 4.78 is 70.8. The van der Waals surface area contributed by atoms with Gasteiger partial charge in [0.1, 0.15) is 42.2 Å². The van der Waals surface area contributed by atoms with Gasteiger partial charge in [-0.15, -0.1) is 6.58 Å². The Morgan fingerprint density at radius 2 is 1.33 bits per heavy atom. The van der Waals surface area contributed by atoms with Crippen LogP contribution in [0.2, 0.25) is 0 Å². The van der Waals surface area contributed by atoms with E-state index in [4.69, 9.17) is 52.1 Å². The minimum atomic E-state index is -1.21. The number of hydrogen-bond acceptors (Lipinski definition) is 12. The van der Waals surface area contributed by atoms with E-state index in [1.165, 1.54) is 14.0 Å². The lowest BCUT2D eigenvalue weighted by atomic mass is 9.83. The molecular weight excluding hydrogens is 708 g/mol. The zero-order valence-electron chi connectivity index (χ0n) is 32.3. The van der Waals surface area contributed by atoms with Gasteiger partial charge in [-0.25, -0.2) is 0 Å². The van der Waals surface area contributed by atoms with Crippen LogP contribution in [-0.2, 0) is 76.7 Å². The summed E-state index contributed by atoms with van der Waals surface area (Å²) in [6.07, 6.45) is -5.99. The molecule has 0 N–H and O–H groups in total. The number of carbonyl (C=O) groups is 1. The van der Waals surface area contributed by atoms with E-state index in [1.54, 1.807) is 13.2 Å². The van der Waals surface area contributed by atoms with Gasteiger partial charge in [0, 0.05) is 27.6 Å². The predicted molar refractivity (Wildman–Crippen MR) is 200 cm³/mol. The lowest BCUT2D eigenvalue weighted by Gasteiger charge is -2.52. The van der Waals surface area contributed by atoms with Crippen LogP contribution in [0, 0.1) is 0 Å². The normalized spacial score (nSPS) is 31.8. The number of methoxy groups -OCH3 is 2. The Labute approximate surface area is 323 Å². The van der Waals surface area contributed by atoms with E-state index >= 15 is 0 Å². The molecule has 55 heavy (non-hydrogen) atoms. The SMILES string of the molecule is C=C[C@@]12CCOC(C)(C)O[C@H]1[C@H](OC)[C@H](OC(C)=O)[C@H](O[C@H]1[C@H](OCc3ccccc3)[C@@H](OCc3ccccc3)[C@@H](OC)O[C@@H]1COCc1ccccc1)O2. The summed E-state index contributed by atoms with van der Waals surface area (Å²) in [5, 5.41) is 0. The van der Waals surface area contributed by atoms with Crippen molar-refractivity contribution in [1.82, 2.24) is 0 Å². The predicted octanol–water partition coefficient (Wildman–Crippen LogP) is 5.90. The van der Waals surface area contributed by atoms with Crippen LogP contribution < -0.4 is 0 Å². The third-order valence-corrected chi connectivity index (χ3v) is 10.1. The van der Waals surface area contributed by atoms with Crippen LogP contribution in [-0.4, -0.2) is 100 Å². The molecule has 0 saturated carbocycles. The highest BCUT2D eigenvalue weighted by molar-refractivity contribution is 5.66. The Bertz CT molecular complexity index is 1620. The Kier molecular flexibility index (Phi) is 14.3. The first-order valence-corrected chi connectivity index (χ1v) is 18.7. The van der Waals surface area contributed by atoms with E-state index < -0.39 is 72.7 Å². The largest absolute Gasteiger partial charge is 0.454 e. The summed E-state index contributed by atoms with van der Waals surface area (Å²) in [7, 11) is 3.10. The number of fused-ring (bicyclic) bond motifs is 1. The average Bonchev–Trinajstić information content (AvgIpc) is 3.33. The van der Waals surface area contributed by atoms with Crippen molar-refractivity contribution in [2.75, 3.05) is 27.4 Å². The monoisotopic (exact) mass is 762 g/mol. The number of rotatable bonds is 16. The maximum absolute atomic E-state index is 12.8. The minimum absolute atomic E-state index is 0.0923. The van der Waals surface area contributed by atoms with Gasteiger partial charge in [-0.2, -0.15) is 0 Å². The highest BCUT2D eigenvalue weighted by atomic mass is 16.8. The molecule has 0 amide bonds. The molecule has 3 heterocycles. The van der Waals surface area contributed by atoms with Crippen LogP contribution in [0.4, 0.5) is 0 Å². The van der Waals surface area contributed by atoms with Gasteiger partial charge in [0.2, 0.25) is 0 Å². The molecule has 10 atom stereocenters. The molecule has 12 heteroatoms. The topological polar surface area (TPSA) is 119 Å². The van der Waals surface area contributed by atoms with Crippen LogP contribution in [0.1, 0.15) is 43.9 Å². The van der Waals surface area contributed by atoms with Gasteiger partial charge in [0.25, 0.3) is 0 Å². The molecule has 3 aliphatic heterocycles. The number of ether oxygens (including phenoxy) is 11. The maximum Gasteiger partial charge on any atom is 0.303 e. The standard InChI is InChI=1S/C43H54O12/c1-7-43-23-24-50-42(3,4)54-39(43)36(45-5)38(51-29(2)44)41(55-43)53-34-33(28-47-25-30-17-11-8-12-18-30)52-40(46-6)37(49-27-32-21-15-10-16-22-32)35(34)48-26-31-19-13-9-14-20-31/h7-22,33-41H,1,23-28H2,2-6H3/t33-,34-,35+,36-,37-,38+,39+,40+,41-,43-/m1/s1. The summed E-state index contributed by atoms with van der Waals surface area (Å²) in [4.78, 5) is 12.8. The van der Waals surface area contributed by atoms with Gasteiger partial charge < -0.3 is 52.1 Å². The van der Waals surface area contributed by atoms with E-state index in [-0.39, 0.29) is 19.8 Å². The highest BCUT2D eigenvalue weighted by Crippen LogP contribution is 2.44. The Hall–Kier alpha value is -3.53. The molecule has 0 spiro atoms.